The largest absolute Gasteiger partial charge is 0.396 e. The van der Waals surface area contributed by atoms with Crippen molar-refractivity contribution in [2.24, 2.45) is 11.8 Å². The van der Waals surface area contributed by atoms with Gasteiger partial charge in [0.05, 0.1) is 0 Å². The third-order valence-corrected chi connectivity index (χ3v) is 5.84. The third kappa shape index (κ3) is 3.07. The van der Waals surface area contributed by atoms with E-state index in [1.807, 2.05) is 11.3 Å². The molecule has 2 N–H and O–H groups in total. The first-order chi connectivity index (χ1) is 9.67. The van der Waals surface area contributed by atoms with Crippen LogP contribution in [0.4, 0.5) is 0 Å². The fourth-order valence-corrected chi connectivity index (χ4v) is 4.31. The molecule has 0 bridgehead atoms. The van der Waals surface area contributed by atoms with E-state index in [0.29, 0.717) is 24.5 Å². The van der Waals surface area contributed by atoms with E-state index in [1.54, 1.807) is 0 Å². The standard InChI is InChI=1S/C16H23NO2S/c1-10-2-7-15(20-10)13-8-14(13)16(19)17-12-5-3-11(9-18)4-6-12/h2,7,11-14,18H,3-6,8-9H2,1H3,(H,17,19). The van der Waals surface area contributed by atoms with Gasteiger partial charge in [-0.1, -0.05) is 0 Å². The SMILES string of the molecule is Cc1ccc(C2CC2C(=O)NC2CCC(CO)CC2)s1. The van der Waals surface area contributed by atoms with Crippen molar-refractivity contribution in [1.82, 2.24) is 5.32 Å². The Labute approximate surface area is 124 Å². The van der Waals surface area contributed by atoms with Gasteiger partial charge in [-0.05, 0) is 57.1 Å². The molecule has 0 aromatic carbocycles. The van der Waals surface area contributed by atoms with Crippen LogP contribution in [0.15, 0.2) is 12.1 Å². The molecule has 3 nitrogen and oxygen atoms in total. The highest BCUT2D eigenvalue weighted by atomic mass is 32.1. The highest BCUT2D eigenvalue weighted by Gasteiger charge is 2.45. The zero-order valence-electron chi connectivity index (χ0n) is 12.0. The number of hydrogen-bond acceptors (Lipinski definition) is 3. The molecule has 1 amide bonds. The van der Waals surface area contributed by atoms with Gasteiger partial charge in [0.25, 0.3) is 0 Å². The predicted molar refractivity (Wildman–Crippen MR) is 80.9 cm³/mol. The molecule has 2 unspecified atom stereocenters. The van der Waals surface area contributed by atoms with Crippen molar-refractivity contribution < 1.29 is 9.90 Å². The number of rotatable bonds is 4. The number of aryl methyl sites for hydroxylation is 1. The lowest BCUT2D eigenvalue weighted by Crippen LogP contribution is -2.39. The van der Waals surface area contributed by atoms with Crippen LogP contribution in [0.25, 0.3) is 0 Å². The van der Waals surface area contributed by atoms with E-state index in [1.165, 1.54) is 9.75 Å². The van der Waals surface area contributed by atoms with Crippen LogP contribution >= 0.6 is 11.3 Å². The smallest absolute Gasteiger partial charge is 0.223 e. The number of aliphatic hydroxyl groups is 1. The Balaban J connectivity index is 1.47. The Hall–Kier alpha value is -0.870. The first-order valence-electron chi connectivity index (χ1n) is 7.65. The fourth-order valence-electron chi connectivity index (χ4n) is 3.25. The molecule has 0 spiro atoms. The molecule has 2 aliphatic rings. The molecule has 1 aromatic rings. The van der Waals surface area contributed by atoms with Crippen molar-refractivity contribution in [3.05, 3.63) is 21.9 Å². The summed E-state index contributed by atoms with van der Waals surface area (Å²) >= 11 is 1.82. The molecule has 2 atom stereocenters. The Kier molecular flexibility index (Phi) is 4.13. The number of carbonyl (C=O) groups is 1. The van der Waals surface area contributed by atoms with Gasteiger partial charge < -0.3 is 10.4 Å². The van der Waals surface area contributed by atoms with Crippen LogP contribution in [0.5, 0.6) is 0 Å². The Morgan fingerprint density at radius 3 is 2.70 bits per heavy atom. The maximum absolute atomic E-state index is 12.3. The minimum atomic E-state index is 0.198. The summed E-state index contributed by atoms with van der Waals surface area (Å²) in [6.45, 7) is 2.41. The fraction of sp³-hybridized carbons (Fsp3) is 0.688. The Bertz CT molecular complexity index is 477. The number of carbonyl (C=O) groups excluding carboxylic acids is 1. The minimum Gasteiger partial charge on any atom is -0.396 e. The highest BCUT2D eigenvalue weighted by Crippen LogP contribution is 2.49. The van der Waals surface area contributed by atoms with Crippen molar-refractivity contribution >= 4 is 17.2 Å². The Morgan fingerprint density at radius 2 is 2.10 bits per heavy atom. The van der Waals surface area contributed by atoms with Crippen LogP contribution in [0.2, 0.25) is 0 Å². The summed E-state index contributed by atoms with van der Waals surface area (Å²) in [6.07, 6.45) is 5.13. The van der Waals surface area contributed by atoms with Crippen molar-refractivity contribution in [3.63, 3.8) is 0 Å². The van der Waals surface area contributed by atoms with E-state index < -0.39 is 0 Å². The van der Waals surface area contributed by atoms with Gasteiger partial charge >= 0.3 is 0 Å². The lowest BCUT2D eigenvalue weighted by Gasteiger charge is -2.28. The molecule has 0 aliphatic heterocycles. The topological polar surface area (TPSA) is 49.3 Å². The van der Waals surface area contributed by atoms with Crippen LogP contribution in [-0.2, 0) is 4.79 Å². The average Bonchev–Trinajstić information content (AvgIpc) is 3.15. The first kappa shape index (κ1) is 14.1. The van der Waals surface area contributed by atoms with Gasteiger partial charge in [0.2, 0.25) is 5.91 Å². The van der Waals surface area contributed by atoms with Crippen molar-refractivity contribution in [2.75, 3.05) is 6.61 Å². The van der Waals surface area contributed by atoms with Gasteiger partial charge in [0.1, 0.15) is 0 Å². The highest BCUT2D eigenvalue weighted by molar-refractivity contribution is 7.12. The summed E-state index contributed by atoms with van der Waals surface area (Å²) in [5.41, 5.74) is 0. The monoisotopic (exact) mass is 293 g/mol. The molecule has 0 radical (unpaired) electrons. The van der Waals surface area contributed by atoms with Crippen molar-refractivity contribution in [3.8, 4) is 0 Å². The zero-order chi connectivity index (χ0) is 14.1. The molecule has 3 rings (SSSR count). The van der Waals surface area contributed by atoms with Crippen LogP contribution < -0.4 is 5.32 Å². The number of nitrogens with one attached hydrogen (secondary N) is 1. The lowest BCUT2D eigenvalue weighted by molar-refractivity contribution is -0.123. The van der Waals surface area contributed by atoms with E-state index in [2.05, 4.69) is 24.4 Å². The summed E-state index contributed by atoms with van der Waals surface area (Å²) in [5, 5.41) is 12.4. The molecule has 1 aromatic heterocycles. The van der Waals surface area contributed by atoms with Crippen LogP contribution in [0.3, 0.4) is 0 Å². The second-order valence-electron chi connectivity index (χ2n) is 6.31. The van der Waals surface area contributed by atoms with Gasteiger partial charge in [-0.3, -0.25) is 4.79 Å². The van der Waals surface area contributed by atoms with Gasteiger partial charge in [-0.25, -0.2) is 0 Å². The molecular formula is C16H23NO2S. The third-order valence-electron chi connectivity index (χ3n) is 4.71. The van der Waals surface area contributed by atoms with E-state index in [9.17, 15) is 4.79 Å². The summed E-state index contributed by atoms with van der Waals surface area (Å²) in [5.74, 6) is 1.35. The summed E-state index contributed by atoms with van der Waals surface area (Å²) in [4.78, 5) is 15.0. The van der Waals surface area contributed by atoms with E-state index in [0.717, 1.165) is 32.1 Å². The van der Waals surface area contributed by atoms with Crippen LogP contribution in [-0.4, -0.2) is 23.7 Å². The summed E-state index contributed by atoms with van der Waals surface area (Å²) in [7, 11) is 0. The second-order valence-corrected chi connectivity index (χ2v) is 7.63. The number of amides is 1. The molecule has 2 fully saturated rings. The first-order valence-corrected chi connectivity index (χ1v) is 8.46. The van der Waals surface area contributed by atoms with E-state index >= 15 is 0 Å². The summed E-state index contributed by atoms with van der Waals surface area (Å²) < 4.78 is 0. The van der Waals surface area contributed by atoms with E-state index in [4.69, 9.17) is 5.11 Å². The molecule has 1 heterocycles. The number of hydrogen-bond donors (Lipinski definition) is 2. The number of aliphatic hydroxyl groups excluding tert-OH is 1. The van der Waals surface area contributed by atoms with Crippen molar-refractivity contribution in [1.29, 1.82) is 0 Å². The molecular weight excluding hydrogens is 270 g/mol. The average molecular weight is 293 g/mol. The second kappa shape index (κ2) is 5.86. The predicted octanol–water partition coefficient (Wildman–Crippen LogP) is 2.83. The Morgan fingerprint density at radius 1 is 1.35 bits per heavy atom. The van der Waals surface area contributed by atoms with Gasteiger partial charge in [-0.15, -0.1) is 11.3 Å². The summed E-state index contributed by atoms with van der Waals surface area (Å²) in [6, 6.07) is 4.64. The minimum absolute atomic E-state index is 0.198. The van der Waals surface area contributed by atoms with Crippen LogP contribution in [0, 0.1) is 18.8 Å². The van der Waals surface area contributed by atoms with Gasteiger partial charge in [-0.2, -0.15) is 0 Å². The maximum Gasteiger partial charge on any atom is 0.223 e. The lowest BCUT2D eigenvalue weighted by atomic mass is 9.86. The molecule has 0 saturated heterocycles. The maximum atomic E-state index is 12.3. The van der Waals surface area contributed by atoms with Gasteiger partial charge in [0.15, 0.2) is 0 Å². The quantitative estimate of drug-likeness (QED) is 0.897. The number of thiophene rings is 1. The molecule has 20 heavy (non-hydrogen) atoms. The van der Waals surface area contributed by atoms with E-state index in [-0.39, 0.29) is 11.8 Å². The molecule has 110 valence electrons. The van der Waals surface area contributed by atoms with Gasteiger partial charge in [0, 0.05) is 34.2 Å². The molecule has 2 aliphatic carbocycles. The zero-order valence-corrected chi connectivity index (χ0v) is 12.8. The normalized spacial score (nSPS) is 32.9. The van der Waals surface area contributed by atoms with Crippen molar-refractivity contribution in [2.45, 2.75) is 51.0 Å². The van der Waals surface area contributed by atoms with Crippen LogP contribution in [0.1, 0.15) is 47.8 Å². The molecule has 4 heteroatoms. The molecule has 2 saturated carbocycles.